The van der Waals surface area contributed by atoms with E-state index in [2.05, 4.69) is 27.3 Å². The number of hydrogen-bond donors (Lipinski definition) is 1. The standard InChI is InChI=1S/C26H15BrN2O/c27-15-10-12-21-20(14-15)23-17-8-4-5-9-18(17)26(30)19-11-13-22(25(29-21)24(19)23)28-16-6-2-1-3-7-16/h1-14,28H. The van der Waals surface area contributed by atoms with Crippen molar-refractivity contribution in [1.29, 1.82) is 0 Å². The molecule has 4 heteroatoms. The summed E-state index contributed by atoms with van der Waals surface area (Å²) in [4.78, 5) is 18.3. The molecule has 0 saturated carbocycles. The fourth-order valence-electron chi connectivity index (χ4n) is 4.31. The lowest BCUT2D eigenvalue weighted by molar-refractivity contribution is 0.104. The third-order valence-corrected chi connectivity index (χ3v) is 6.12. The highest BCUT2D eigenvalue weighted by Crippen LogP contribution is 2.45. The lowest BCUT2D eigenvalue weighted by Crippen LogP contribution is -2.11. The Balaban J connectivity index is 1.77. The number of benzene rings is 4. The monoisotopic (exact) mass is 450 g/mol. The van der Waals surface area contributed by atoms with Crippen LogP contribution in [-0.2, 0) is 0 Å². The van der Waals surface area contributed by atoms with Gasteiger partial charge in [-0.1, -0.05) is 58.4 Å². The van der Waals surface area contributed by atoms with Crippen LogP contribution in [0.1, 0.15) is 15.9 Å². The molecule has 30 heavy (non-hydrogen) atoms. The number of pyridine rings is 1. The summed E-state index contributed by atoms with van der Waals surface area (Å²) in [5.41, 5.74) is 7.05. The zero-order chi connectivity index (χ0) is 20.2. The van der Waals surface area contributed by atoms with Crippen molar-refractivity contribution >= 4 is 54.9 Å². The number of ketones is 1. The molecule has 1 N–H and O–H groups in total. The number of hydrogen-bond acceptors (Lipinski definition) is 3. The number of carbonyl (C=O) groups is 1. The van der Waals surface area contributed by atoms with Crippen LogP contribution in [0, 0.1) is 0 Å². The van der Waals surface area contributed by atoms with Crippen LogP contribution in [0.5, 0.6) is 0 Å². The molecule has 1 aromatic heterocycles. The summed E-state index contributed by atoms with van der Waals surface area (Å²) in [6.45, 7) is 0. The van der Waals surface area contributed by atoms with Gasteiger partial charge in [0, 0.05) is 37.6 Å². The molecule has 3 nitrogen and oxygen atoms in total. The van der Waals surface area contributed by atoms with Gasteiger partial charge in [0.15, 0.2) is 5.78 Å². The lowest BCUT2D eigenvalue weighted by atomic mass is 9.82. The zero-order valence-electron chi connectivity index (χ0n) is 15.8. The molecule has 142 valence electrons. The molecular formula is C26H15BrN2O. The average Bonchev–Trinajstić information content (AvgIpc) is 2.78. The number of para-hydroxylation sites is 1. The highest BCUT2D eigenvalue weighted by Gasteiger charge is 2.28. The van der Waals surface area contributed by atoms with E-state index in [9.17, 15) is 4.79 Å². The first-order valence-corrected chi connectivity index (χ1v) is 10.5. The summed E-state index contributed by atoms with van der Waals surface area (Å²) in [5.74, 6) is 0.0468. The van der Waals surface area contributed by atoms with Crippen LogP contribution in [0.2, 0.25) is 0 Å². The van der Waals surface area contributed by atoms with E-state index in [-0.39, 0.29) is 5.78 Å². The summed E-state index contributed by atoms with van der Waals surface area (Å²) in [5, 5.41) is 5.43. The molecule has 0 aliphatic heterocycles. The van der Waals surface area contributed by atoms with E-state index in [1.807, 2.05) is 78.9 Å². The van der Waals surface area contributed by atoms with Crippen LogP contribution in [0.3, 0.4) is 0 Å². The topological polar surface area (TPSA) is 42.0 Å². The van der Waals surface area contributed by atoms with Gasteiger partial charge in [-0.15, -0.1) is 0 Å². The Bertz CT molecular complexity index is 1490. The van der Waals surface area contributed by atoms with Crippen molar-refractivity contribution in [3.8, 4) is 11.1 Å². The number of nitrogens with one attached hydrogen (secondary N) is 1. The zero-order valence-corrected chi connectivity index (χ0v) is 17.4. The van der Waals surface area contributed by atoms with E-state index < -0.39 is 0 Å². The molecular weight excluding hydrogens is 436 g/mol. The molecule has 1 aliphatic carbocycles. The maximum Gasteiger partial charge on any atom is 0.194 e. The maximum atomic E-state index is 13.3. The van der Waals surface area contributed by atoms with Crippen molar-refractivity contribution < 1.29 is 4.79 Å². The van der Waals surface area contributed by atoms with Gasteiger partial charge in [-0.2, -0.15) is 0 Å². The van der Waals surface area contributed by atoms with Crippen molar-refractivity contribution in [3.63, 3.8) is 0 Å². The number of fused-ring (bicyclic) bond motifs is 4. The first kappa shape index (κ1) is 17.4. The second-order valence-corrected chi connectivity index (χ2v) is 8.31. The smallest absolute Gasteiger partial charge is 0.194 e. The minimum absolute atomic E-state index is 0.0468. The van der Waals surface area contributed by atoms with E-state index >= 15 is 0 Å². The van der Waals surface area contributed by atoms with Gasteiger partial charge in [-0.25, -0.2) is 4.98 Å². The second-order valence-electron chi connectivity index (χ2n) is 7.40. The Labute approximate surface area is 181 Å². The number of carbonyl (C=O) groups excluding carboxylic acids is 1. The van der Waals surface area contributed by atoms with Crippen molar-refractivity contribution in [2.24, 2.45) is 0 Å². The molecule has 6 rings (SSSR count). The quantitative estimate of drug-likeness (QED) is 0.286. The summed E-state index contributed by atoms with van der Waals surface area (Å²) in [7, 11) is 0. The number of anilines is 2. The Morgan fingerprint density at radius 3 is 2.37 bits per heavy atom. The Morgan fingerprint density at radius 1 is 0.767 bits per heavy atom. The molecule has 4 aromatic carbocycles. The van der Waals surface area contributed by atoms with Crippen LogP contribution >= 0.6 is 15.9 Å². The molecule has 0 spiro atoms. The van der Waals surface area contributed by atoms with E-state index in [0.717, 1.165) is 54.3 Å². The molecule has 0 amide bonds. The van der Waals surface area contributed by atoms with Gasteiger partial charge in [-0.3, -0.25) is 4.79 Å². The van der Waals surface area contributed by atoms with Crippen LogP contribution in [-0.4, -0.2) is 10.8 Å². The van der Waals surface area contributed by atoms with Crippen molar-refractivity contribution in [2.75, 3.05) is 5.32 Å². The highest BCUT2D eigenvalue weighted by atomic mass is 79.9. The third-order valence-electron chi connectivity index (χ3n) is 5.63. The molecule has 5 aromatic rings. The van der Waals surface area contributed by atoms with Gasteiger partial charge in [0.1, 0.15) is 0 Å². The lowest BCUT2D eigenvalue weighted by Gasteiger charge is -2.23. The predicted molar refractivity (Wildman–Crippen MR) is 126 cm³/mol. The van der Waals surface area contributed by atoms with E-state index in [4.69, 9.17) is 4.98 Å². The number of halogens is 1. The van der Waals surface area contributed by atoms with Crippen molar-refractivity contribution in [2.45, 2.75) is 0 Å². The minimum atomic E-state index is 0.0468. The predicted octanol–water partition coefficient (Wildman–Crippen LogP) is 7.11. The molecule has 0 atom stereocenters. The summed E-state index contributed by atoms with van der Waals surface area (Å²) < 4.78 is 0.988. The molecule has 1 heterocycles. The first-order chi connectivity index (χ1) is 14.7. The fourth-order valence-corrected chi connectivity index (χ4v) is 4.67. The Hall–Kier alpha value is -3.50. The van der Waals surface area contributed by atoms with Crippen LogP contribution in [0.25, 0.3) is 32.9 Å². The molecule has 0 saturated heterocycles. The van der Waals surface area contributed by atoms with Crippen LogP contribution in [0.15, 0.2) is 89.4 Å². The number of rotatable bonds is 2. The Kier molecular flexibility index (Phi) is 3.77. The van der Waals surface area contributed by atoms with Crippen molar-refractivity contribution in [3.05, 3.63) is 101 Å². The molecule has 0 unspecified atom stereocenters. The first-order valence-electron chi connectivity index (χ1n) is 9.73. The highest BCUT2D eigenvalue weighted by molar-refractivity contribution is 9.10. The van der Waals surface area contributed by atoms with Crippen molar-refractivity contribution in [1.82, 2.24) is 4.98 Å². The fraction of sp³-hybridized carbons (Fsp3) is 0. The largest absolute Gasteiger partial charge is 0.354 e. The number of aromatic nitrogens is 1. The van der Waals surface area contributed by atoms with Gasteiger partial charge >= 0.3 is 0 Å². The average molecular weight is 451 g/mol. The van der Waals surface area contributed by atoms with Gasteiger partial charge in [0.05, 0.1) is 16.7 Å². The molecule has 0 bridgehead atoms. The third kappa shape index (κ3) is 2.50. The van der Waals surface area contributed by atoms with Crippen LogP contribution in [0.4, 0.5) is 11.4 Å². The van der Waals surface area contributed by atoms with E-state index in [1.165, 1.54) is 0 Å². The van der Waals surface area contributed by atoms with Gasteiger partial charge < -0.3 is 5.32 Å². The normalized spacial score (nSPS) is 12.2. The van der Waals surface area contributed by atoms with E-state index in [0.29, 0.717) is 5.56 Å². The maximum absolute atomic E-state index is 13.3. The summed E-state index contributed by atoms with van der Waals surface area (Å²) >= 11 is 3.60. The minimum Gasteiger partial charge on any atom is -0.354 e. The van der Waals surface area contributed by atoms with E-state index in [1.54, 1.807) is 0 Å². The second kappa shape index (κ2) is 6.51. The molecule has 0 fully saturated rings. The van der Waals surface area contributed by atoms with Gasteiger partial charge in [-0.05, 0) is 48.0 Å². The SMILES string of the molecule is O=C1c2ccccc2-c2c3cc(Br)ccc3nc3c(Nc4ccccc4)ccc1c23. The molecule has 1 aliphatic rings. The number of nitrogens with zero attached hydrogens (tertiary/aromatic N) is 1. The summed E-state index contributed by atoms with van der Waals surface area (Å²) in [6.07, 6.45) is 0. The Morgan fingerprint density at radius 2 is 1.53 bits per heavy atom. The summed E-state index contributed by atoms with van der Waals surface area (Å²) in [6, 6.07) is 27.8. The molecule has 0 radical (unpaired) electrons. The van der Waals surface area contributed by atoms with Gasteiger partial charge in [0.2, 0.25) is 0 Å². The van der Waals surface area contributed by atoms with Gasteiger partial charge in [0.25, 0.3) is 0 Å². The van der Waals surface area contributed by atoms with Crippen LogP contribution < -0.4 is 5.32 Å².